The summed E-state index contributed by atoms with van der Waals surface area (Å²) in [4.78, 5) is 26.5. The lowest BCUT2D eigenvalue weighted by Crippen LogP contribution is -2.12. The van der Waals surface area contributed by atoms with Crippen molar-refractivity contribution >= 4 is 11.9 Å². The molecular weight excluding hydrogens is 793 g/mol. The van der Waals surface area contributed by atoms with Crippen LogP contribution in [0.25, 0.3) is 22.4 Å². The minimum absolute atomic E-state index is 0.113. The molecule has 326 valence electrons. The van der Waals surface area contributed by atoms with Gasteiger partial charge < -0.3 is 29.2 Å². The number of hydrogen-bond acceptors (Lipinski definition) is 8. The first-order valence-corrected chi connectivity index (χ1v) is 21.5. The molecule has 10 nitrogen and oxygen atoms in total. The van der Waals surface area contributed by atoms with Gasteiger partial charge in [0.05, 0.1) is 23.0 Å². The number of ether oxygens (including phenoxy) is 4. The molecule has 2 N–H and O–H groups in total. The van der Waals surface area contributed by atoms with Crippen LogP contribution in [0.2, 0.25) is 0 Å². The zero-order valence-corrected chi connectivity index (χ0v) is 36.5. The monoisotopic (exact) mass is 848 g/mol. The van der Waals surface area contributed by atoms with Crippen molar-refractivity contribution in [1.82, 2.24) is 4.98 Å². The lowest BCUT2D eigenvalue weighted by molar-refractivity contribution is -0.140. The second-order valence-electron chi connectivity index (χ2n) is 15.0. The lowest BCUT2D eigenvalue weighted by atomic mass is 9.97. The molecule has 1 heterocycles. The Kier molecular flexibility index (Phi) is 18.1. The summed E-state index contributed by atoms with van der Waals surface area (Å²) in [6, 6.07) is 45.1. The van der Waals surface area contributed by atoms with Gasteiger partial charge in [-0.2, -0.15) is 5.26 Å². The number of rotatable bonds is 21. The van der Waals surface area contributed by atoms with E-state index < -0.39 is 11.9 Å². The van der Waals surface area contributed by atoms with E-state index in [1.165, 1.54) is 0 Å². The highest BCUT2D eigenvalue weighted by atomic mass is 16.5. The molecule has 0 fully saturated rings. The standard InChI is InChI=1S/C27H27NO4.C26H29NO4/c1-3-4-8-26(32-24-13-14-25(19(2)15-24)31-18-27(29)30)23-7-5-6-22(16-23)21-11-9-20(17-28)10-12-21;1-3-5-14-25(23-13-9-12-22(27-23)20-10-7-6-8-11-20)31-21-15-16-24(19(4-2)17-21)30-18-26(28)29/h5-7,9-16,26H,3-4,8,18H2,1-2H3,(H,29,30);6-13,15-17,25H,3-5,14,18H2,1-2H3,(H,28,29). The Labute approximate surface area is 370 Å². The molecule has 2 atom stereocenters. The molecular formula is C53H56N2O8. The maximum absolute atomic E-state index is 10.8. The van der Waals surface area contributed by atoms with Gasteiger partial charge in [0, 0.05) is 5.56 Å². The highest BCUT2D eigenvalue weighted by molar-refractivity contribution is 5.69. The molecule has 0 aliphatic carbocycles. The van der Waals surface area contributed by atoms with E-state index >= 15 is 0 Å². The lowest BCUT2D eigenvalue weighted by Gasteiger charge is -2.21. The van der Waals surface area contributed by atoms with Gasteiger partial charge in [-0.05, 0) is 134 Å². The molecule has 63 heavy (non-hydrogen) atoms. The normalized spacial score (nSPS) is 11.5. The number of hydrogen-bond donors (Lipinski definition) is 2. The van der Waals surface area contributed by atoms with Crippen LogP contribution in [0, 0.1) is 18.3 Å². The van der Waals surface area contributed by atoms with E-state index in [4.69, 9.17) is 39.4 Å². The Balaban J connectivity index is 0.000000238. The van der Waals surface area contributed by atoms with Crippen LogP contribution in [0.15, 0.2) is 133 Å². The minimum Gasteiger partial charge on any atom is -0.486 e. The highest BCUT2D eigenvalue weighted by Crippen LogP contribution is 2.33. The Morgan fingerprint density at radius 2 is 1.24 bits per heavy atom. The number of benzene rings is 5. The summed E-state index contributed by atoms with van der Waals surface area (Å²) in [5, 5.41) is 26.7. The van der Waals surface area contributed by atoms with Crippen LogP contribution in [0.3, 0.4) is 0 Å². The van der Waals surface area contributed by atoms with Gasteiger partial charge in [-0.3, -0.25) is 0 Å². The second kappa shape index (κ2) is 24.4. The Morgan fingerprint density at radius 1 is 0.635 bits per heavy atom. The molecule has 0 saturated carbocycles. The van der Waals surface area contributed by atoms with Gasteiger partial charge in [0.2, 0.25) is 0 Å². The molecule has 10 heteroatoms. The highest BCUT2D eigenvalue weighted by Gasteiger charge is 2.18. The number of pyridine rings is 1. The first-order chi connectivity index (χ1) is 30.6. The Bertz CT molecular complexity index is 2430. The zero-order valence-electron chi connectivity index (χ0n) is 36.5. The van der Waals surface area contributed by atoms with Crippen molar-refractivity contribution in [2.45, 2.75) is 84.8 Å². The van der Waals surface area contributed by atoms with Gasteiger partial charge in [0.1, 0.15) is 35.2 Å². The molecule has 0 radical (unpaired) electrons. The summed E-state index contributed by atoms with van der Waals surface area (Å²) in [5.41, 5.74) is 8.50. The van der Waals surface area contributed by atoms with Crippen molar-refractivity contribution in [2.24, 2.45) is 0 Å². The molecule has 6 aromatic rings. The van der Waals surface area contributed by atoms with Gasteiger partial charge >= 0.3 is 11.9 Å². The first-order valence-electron chi connectivity index (χ1n) is 21.5. The van der Waals surface area contributed by atoms with Crippen LogP contribution in [0.4, 0.5) is 0 Å². The largest absolute Gasteiger partial charge is 0.486 e. The maximum Gasteiger partial charge on any atom is 0.341 e. The fourth-order valence-corrected chi connectivity index (χ4v) is 6.91. The SMILES string of the molecule is CCCCC(Oc1ccc(OCC(=O)O)c(C)c1)c1cccc(-c2ccc(C#N)cc2)c1.CCCCC(Oc1ccc(OCC(=O)O)c(CC)c1)c1cccc(-c2ccccc2)n1. The maximum atomic E-state index is 10.8. The number of unbranched alkanes of at least 4 members (excludes halogenated alkanes) is 2. The molecule has 0 aliphatic heterocycles. The summed E-state index contributed by atoms with van der Waals surface area (Å²) in [5.74, 6) is 0.555. The van der Waals surface area contributed by atoms with Crippen LogP contribution < -0.4 is 18.9 Å². The molecule has 6 rings (SSSR count). The predicted octanol–water partition coefficient (Wildman–Crippen LogP) is 12.4. The summed E-state index contributed by atoms with van der Waals surface area (Å²) in [7, 11) is 0. The molecule has 0 spiro atoms. The summed E-state index contributed by atoms with van der Waals surface area (Å²) >= 11 is 0. The van der Waals surface area contributed by atoms with Gasteiger partial charge in [-0.1, -0.05) is 100 Å². The predicted molar refractivity (Wildman–Crippen MR) is 245 cm³/mol. The fourth-order valence-electron chi connectivity index (χ4n) is 6.91. The van der Waals surface area contributed by atoms with Crippen molar-refractivity contribution in [3.63, 3.8) is 0 Å². The van der Waals surface area contributed by atoms with Crippen molar-refractivity contribution in [1.29, 1.82) is 5.26 Å². The smallest absolute Gasteiger partial charge is 0.341 e. The van der Waals surface area contributed by atoms with Crippen LogP contribution in [0.5, 0.6) is 23.0 Å². The number of aliphatic carboxylic acids is 2. The van der Waals surface area contributed by atoms with Gasteiger partial charge in [-0.15, -0.1) is 0 Å². The third kappa shape index (κ3) is 14.5. The summed E-state index contributed by atoms with van der Waals surface area (Å²) in [6.45, 7) is 7.46. The molecule has 0 aliphatic rings. The number of carboxylic acid groups (broad SMARTS) is 2. The fraction of sp³-hybridized carbons (Fsp3) is 0.283. The molecule has 0 bridgehead atoms. The van der Waals surface area contributed by atoms with E-state index in [0.29, 0.717) is 23.5 Å². The van der Waals surface area contributed by atoms with Crippen molar-refractivity contribution in [3.8, 4) is 51.5 Å². The van der Waals surface area contributed by atoms with E-state index in [1.807, 2.05) is 105 Å². The van der Waals surface area contributed by atoms with E-state index in [2.05, 4.69) is 50.2 Å². The number of nitrogens with zero attached hydrogens (tertiary/aromatic N) is 2. The topological polar surface area (TPSA) is 148 Å². The van der Waals surface area contributed by atoms with E-state index in [0.717, 1.165) is 94.8 Å². The van der Waals surface area contributed by atoms with Crippen molar-refractivity contribution in [3.05, 3.63) is 161 Å². The molecule has 2 unspecified atom stereocenters. The zero-order chi connectivity index (χ0) is 45.0. The van der Waals surface area contributed by atoms with E-state index in [9.17, 15) is 9.59 Å². The van der Waals surface area contributed by atoms with Crippen LogP contribution >= 0.6 is 0 Å². The van der Waals surface area contributed by atoms with Crippen LogP contribution in [-0.2, 0) is 16.0 Å². The average molecular weight is 849 g/mol. The van der Waals surface area contributed by atoms with Gasteiger partial charge in [-0.25, -0.2) is 14.6 Å². The number of carbonyl (C=O) groups is 2. The average Bonchev–Trinajstić information content (AvgIpc) is 3.31. The molecule has 5 aromatic carbocycles. The van der Waals surface area contributed by atoms with Gasteiger partial charge in [0.25, 0.3) is 0 Å². The van der Waals surface area contributed by atoms with Crippen LogP contribution in [0.1, 0.15) is 99.5 Å². The quantitative estimate of drug-likeness (QED) is 0.0717. The third-order valence-corrected chi connectivity index (χ3v) is 10.2. The molecule has 0 amide bonds. The minimum atomic E-state index is -1.01. The second-order valence-corrected chi connectivity index (χ2v) is 15.0. The van der Waals surface area contributed by atoms with E-state index in [1.54, 1.807) is 12.1 Å². The van der Waals surface area contributed by atoms with Crippen molar-refractivity contribution in [2.75, 3.05) is 13.2 Å². The van der Waals surface area contributed by atoms with Crippen LogP contribution in [-0.4, -0.2) is 40.3 Å². The Morgan fingerprint density at radius 3 is 1.87 bits per heavy atom. The Hall–Kier alpha value is -7.12. The van der Waals surface area contributed by atoms with Gasteiger partial charge in [0.15, 0.2) is 13.2 Å². The number of aromatic nitrogens is 1. The van der Waals surface area contributed by atoms with Crippen molar-refractivity contribution < 1.29 is 38.7 Å². The van der Waals surface area contributed by atoms with E-state index in [-0.39, 0.29) is 25.4 Å². The third-order valence-electron chi connectivity index (χ3n) is 10.2. The number of nitriles is 1. The molecule has 1 aromatic heterocycles. The summed E-state index contributed by atoms with van der Waals surface area (Å²) < 4.78 is 23.5. The number of aryl methyl sites for hydroxylation is 2. The first kappa shape index (κ1) is 46.9. The number of carboxylic acids is 2. The molecule has 0 saturated heterocycles. The summed E-state index contributed by atoms with van der Waals surface area (Å²) in [6.07, 6.45) is 6.37.